The van der Waals surface area contributed by atoms with Crippen molar-refractivity contribution >= 4 is 33.5 Å². The van der Waals surface area contributed by atoms with Gasteiger partial charge in [0.2, 0.25) is 5.88 Å². The molecular formula is C30H40N6O4S. The van der Waals surface area contributed by atoms with E-state index in [1.165, 1.54) is 16.9 Å². The number of nitrogens with two attached hydrogens (primary N) is 1. The van der Waals surface area contributed by atoms with Crippen molar-refractivity contribution in [1.29, 1.82) is 0 Å². The van der Waals surface area contributed by atoms with E-state index in [-0.39, 0.29) is 36.0 Å². The molecule has 1 aliphatic heterocycles. The minimum atomic E-state index is -0.576. The summed E-state index contributed by atoms with van der Waals surface area (Å²) in [5.74, 6) is 0.0675. The number of rotatable bonds is 9. The molecule has 0 radical (unpaired) electrons. The molecule has 41 heavy (non-hydrogen) atoms. The van der Waals surface area contributed by atoms with Crippen LogP contribution in [-0.4, -0.2) is 69.1 Å². The van der Waals surface area contributed by atoms with Gasteiger partial charge in [0, 0.05) is 37.6 Å². The van der Waals surface area contributed by atoms with Crippen LogP contribution < -0.4 is 15.8 Å². The fraction of sp³-hybridized carbons (Fsp3) is 0.567. The Labute approximate surface area is 244 Å². The van der Waals surface area contributed by atoms with Gasteiger partial charge < -0.3 is 25.8 Å². The molecule has 0 aromatic carbocycles. The number of pyridine rings is 2. The van der Waals surface area contributed by atoms with Crippen LogP contribution >= 0.6 is 11.3 Å². The topological polar surface area (TPSA) is 144 Å². The van der Waals surface area contributed by atoms with Crippen LogP contribution in [-0.2, 0) is 17.6 Å². The zero-order valence-electron chi connectivity index (χ0n) is 24.1. The van der Waals surface area contributed by atoms with Crippen LogP contribution in [0.4, 0.5) is 0 Å². The molecule has 2 aliphatic rings. The van der Waals surface area contributed by atoms with E-state index in [2.05, 4.69) is 42.0 Å². The summed E-state index contributed by atoms with van der Waals surface area (Å²) < 4.78 is 5.30. The van der Waals surface area contributed by atoms with E-state index in [0.29, 0.717) is 17.3 Å². The Bertz CT molecular complexity index is 1380. The SMILES string of the molecule is CC(C)(C)[C@H]1CCc2nc3sc(C(=O)NC(CCN4CCC(O)CC4)c4ccc(OCC(N)=O)nc4)nc3cc2C1. The lowest BCUT2D eigenvalue weighted by molar-refractivity contribution is -0.120. The summed E-state index contributed by atoms with van der Waals surface area (Å²) in [4.78, 5) is 41.6. The third kappa shape index (κ3) is 7.38. The van der Waals surface area contributed by atoms with Gasteiger partial charge in [0.05, 0.1) is 12.1 Å². The summed E-state index contributed by atoms with van der Waals surface area (Å²) in [6.45, 7) is 9.04. The Kier molecular flexibility index (Phi) is 8.86. The van der Waals surface area contributed by atoms with Crippen molar-refractivity contribution in [2.45, 2.75) is 71.4 Å². The number of primary amides is 1. The molecule has 220 valence electrons. The van der Waals surface area contributed by atoms with Gasteiger partial charge in [-0.2, -0.15) is 0 Å². The number of thiazole rings is 1. The first-order chi connectivity index (χ1) is 19.5. The maximum atomic E-state index is 13.5. The monoisotopic (exact) mass is 580 g/mol. The highest BCUT2D eigenvalue weighted by Gasteiger charge is 2.30. The minimum absolute atomic E-state index is 0.239. The highest BCUT2D eigenvalue weighted by atomic mass is 32.1. The molecule has 1 saturated heterocycles. The van der Waals surface area contributed by atoms with Crippen LogP contribution in [0, 0.1) is 11.3 Å². The summed E-state index contributed by atoms with van der Waals surface area (Å²) >= 11 is 1.33. The van der Waals surface area contributed by atoms with E-state index in [0.717, 1.165) is 73.3 Å². The van der Waals surface area contributed by atoms with Gasteiger partial charge in [-0.05, 0) is 67.1 Å². The number of aromatic nitrogens is 3. The zero-order valence-corrected chi connectivity index (χ0v) is 24.9. The molecule has 3 aromatic heterocycles. The molecule has 2 amide bonds. The van der Waals surface area contributed by atoms with Crippen molar-refractivity contribution in [2.75, 3.05) is 26.2 Å². The second kappa shape index (κ2) is 12.4. The summed E-state index contributed by atoms with van der Waals surface area (Å²) in [6, 6.07) is 5.33. The van der Waals surface area contributed by atoms with Gasteiger partial charge in [-0.1, -0.05) is 38.2 Å². The van der Waals surface area contributed by atoms with Gasteiger partial charge in [0.1, 0.15) is 10.3 Å². The fourth-order valence-corrected chi connectivity index (χ4v) is 6.52. The lowest BCUT2D eigenvalue weighted by atomic mass is 9.71. The fourth-order valence-electron chi connectivity index (χ4n) is 5.67. The molecule has 11 heteroatoms. The van der Waals surface area contributed by atoms with Crippen molar-refractivity contribution < 1.29 is 19.4 Å². The number of ether oxygens (including phenoxy) is 1. The highest BCUT2D eigenvalue weighted by molar-refractivity contribution is 7.19. The molecule has 2 atom stereocenters. The predicted molar refractivity (Wildman–Crippen MR) is 158 cm³/mol. The van der Waals surface area contributed by atoms with Crippen molar-refractivity contribution in [3.63, 3.8) is 0 Å². The molecule has 1 fully saturated rings. The average Bonchev–Trinajstić information content (AvgIpc) is 3.36. The molecule has 1 aliphatic carbocycles. The number of hydrogen-bond donors (Lipinski definition) is 3. The molecule has 3 aromatic rings. The number of carbonyl (C=O) groups excluding carboxylic acids is 2. The third-order valence-electron chi connectivity index (χ3n) is 8.29. The molecule has 4 N–H and O–H groups in total. The summed E-state index contributed by atoms with van der Waals surface area (Å²) in [6.07, 6.45) is 6.65. The predicted octanol–water partition coefficient (Wildman–Crippen LogP) is 3.42. The Morgan fingerprint density at radius 3 is 2.68 bits per heavy atom. The number of aliphatic hydroxyl groups excluding tert-OH is 1. The van der Waals surface area contributed by atoms with E-state index in [1.807, 2.05) is 6.07 Å². The maximum absolute atomic E-state index is 13.5. The van der Waals surface area contributed by atoms with Crippen LogP contribution in [0.15, 0.2) is 24.4 Å². The van der Waals surface area contributed by atoms with Crippen LogP contribution in [0.5, 0.6) is 5.88 Å². The first-order valence-electron chi connectivity index (χ1n) is 14.4. The number of nitrogens with zero attached hydrogens (tertiary/aromatic N) is 4. The Morgan fingerprint density at radius 1 is 1.22 bits per heavy atom. The second-order valence-electron chi connectivity index (χ2n) is 12.3. The number of fused-ring (bicyclic) bond motifs is 2. The summed E-state index contributed by atoms with van der Waals surface area (Å²) in [7, 11) is 0. The van der Waals surface area contributed by atoms with E-state index in [4.69, 9.17) is 20.4 Å². The number of hydrogen-bond acceptors (Lipinski definition) is 9. The van der Waals surface area contributed by atoms with Crippen LogP contribution in [0.25, 0.3) is 10.3 Å². The summed E-state index contributed by atoms with van der Waals surface area (Å²) in [5, 5.41) is 13.4. The van der Waals surface area contributed by atoms with Crippen molar-refractivity contribution in [2.24, 2.45) is 17.1 Å². The summed E-state index contributed by atoms with van der Waals surface area (Å²) in [5.41, 5.74) is 9.37. The Balaban J connectivity index is 1.32. The van der Waals surface area contributed by atoms with Gasteiger partial charge in [0.25, 0.3) is 11.8 Å². The van der Waals surface area contributed by atoms with Crippen molar-refractivity contribution in [1.82, 2.24) is 25.2 Å². The Hall–Kier alpha value is -3.15. The van der Waals surface area contributed by atoms with Gasteiger partial charge in [0.15, 0.2) is 11.6 Å². The number of aliphatic hydroxyl groups is 1. The number of piperidine rings is 1. The average molecular weight is 581 g/mol. The Morgan fingerprint density at radius 2 is 2.00 bits per heavy atom. The number of aryl methyl sites for hydroxylation is 1. The molecule has 10 nitrogen and oxygen atoms in total. The van der Waals surface area contributed by atoms with E-state index in [1.54, 1.807) is 12.3 Å². The van der Waals surface area contributed by atoms with Gasteiger partial charge in [-0.15, -0.1) is 0 Å². The van der Waals surface area contributed by atoms with Gasteiger partial charge >= 0.3 is 0 Å². The molecule has 5 rings (SSSR count). The van der Waals surface area contributed by atoms with Crippen molar-refractivity contribution in [3.05, 3.63) is 46.2 Å². The number of carbonyl (C=O) groups is 2. The lowest BCUT2D eigenvalue weighted by Crippen LogP contribution is -2.38. The van der Waals surface area contributed by atoms with Crippen LogP contribution in [0.3, 0.4) is 0 Å². The lowest BCUT2D eigenvalue weighted by Gasteiger charge is -2.34. The number of amides is 2. The third-order valence-corrected chi connectivity index (χ3v) is 9.25. The maximum Gasteiger partial charge on any atom is 0.280 e. The second-order valence-corrected chi connectivity index (χ2v) is 13.3. The molecule has 1 unspecified atom stereocenters. The molecule has 4 heterocycles. The molecular weight excluding hydrogens is 540 g/mol. The first-order valence-corrected chi connectivity index (χ1v) is 15.2. The zero-order chi connectivity index (χ0) is 29.1. The van der Waals surface area contributed by atoms with E-state index < -0.39 is 5.91 Å². The highest BCUT2D eigenvalue weighted by Crippen LogP contribution is 2.38. The smallest absolute Gasteiger partial charge is 0.280 e. The molecule has 0 spiro atoms. The van der Waals surface area contributed by atoms with E-state index >= 15 is 0 Å². The van der Waals surface area contributed by atoms with Gasteiger partial charge in [-0.3, -0.25) is 9.59 Å². The minimum Gasteiger partial charge on any atom is -0.468 e. The number of nitrogens with one attached hydrogen (secondary N) is 1. The van der Waals surface area contributed by atoms with Crippen molar-refractivity contribution in [3.8, 4) is 5.88 Å². The number of likely N-dealkylation sites (tertiary alicyclic amines) is 1. The van der Waals surface area contributed by atoms with Crippen LogP contribution in [0.1, 0.15) is 79.1 Å². The standard InChI is InChI=1S/C30H40N6O4S/c1-30(2,3)20-5-6-22-19(14-20)15-24-28(34-22)41-29(35-24)27(39)33-23(10-13-36-11-8-21(37)9-12-36)18-4-7-26(32-16-18)40-17-25(31)38/h4,7,15-16,20-21,23,37H,5-6,8-14,17H2,1-3H3,(H2,31,38)(H,33,39)/t20-,23?/m0/s1. The molecule has 0 bridgehead atoms. The van der Waals surface area contributed by atoms with Gasteiger partial charge in [-0.25, -0.2) is 15.0 Å². The largest absolute Gasteiger partial charge is 0.468 e. The molecule has 0 saturated carbocycles. The first kappa shape index (κ1) is 29.3. The quantitative estimate of drug-likeness (QED) is 0.349. The van der Waals surface area contributed by atoms with E-state index in [9.17, 15) is 14.7 Å². The van der Waals surface area contributed by atoms with Crippen LogP contribution in [0.2, 0.25) is 0 Å². The normalized spacial score (nSPS) is 19.1.